The smallest absolute Gasteiger partial charge is 0.421 e. The average Bonchev–Trinajstić information content (AvgIpc) is 3.21. The fourth-order valence-corrected chi connectivity index (χ4v) is 3.28. The zero-order valence-electron chi connectivity index (χ0n) is 17.1. The number of fused-ring (bicyclic) bond motifs is 1. The average molecular weight is 438 g/mol. The van der Waals surface area contributed by atoms with Gasteiger partial charge in [0, 0.05) is 11.3 Å². The molecule has 8 nitrogen and oxygen atoms in total. The second-order valence-electron chi connectivity index (χ2n) is 7.16. The Morgan fingerprint density at radius 3 is 2.74 bits per heavy atom. The van der Waals surface area contributed by atoms with Gasteiger partial charge in [-0.25, -0.2) is 19.7 Å². The van der Waals surface area contributed by atoms with Gasteiger partial charge in [-0.3, -0.25) is 4.79 Å². The topological polar surface area (TPSA) is 92.6 Å². The fourth-order valence-electron chi connectivity index (χ4n) is 3.28. The van der Waals surface area contributed by atoms with Crippen molar-refractivity contribution in [1.82, 2.24) is 10.2 Å². The van der Waals surface area contributed by atoms with E-state index in [0.717, 1.165) is 11.8 Å². The number of rotatable bonds is 4. The Hall–Kier alpha value is -3.21. The summed E-state index contributed by atoms with van der Waals surface area (Å²) < 4.78 is 50.9. The van der Waals surface area contributed by atoms with Crippen molar-refractivity contribution in [2.45, 2.75) is 51.6 Å². The van der Waals surface area contributed by atoms with Gasteiger partial charge >= 0.3 is 18.2 Å². The first kappa shape index (κ1) is 22.5. The number of nitrogens with one attached hydrogen (secondary N) is 1. The van der Waals surface area contributed by atoms with Crippen LogP contribution in [0.25, 0.3) is 0 Å². The first-order valence-corrected chi connectivity index (χ1v) is 9.39. The summed E-state index contributed by atoms with van der Waals surface area (Å²) in [6.45, 7) is 7.38. The largest absolute Gasteiger partial charge is 0.424 e. The van der Waals surface area contributed by atoms with E-state index in [0.29, 0.717) is 12.0 Å². The van der Waals surface area contributed by atoms with E-state index in [2.05, 4.69) is 22.0 Å². The Kier molecular flexibility index (Phi) is 5.90. The Bertz CT molecular complexity index is 989. The molecule has 0 aromatic heterocycles. The quantitative estimate of drug-likeness (QED) is 0.442. The Labute approximate surface area is 176 Å². The standard InChI is InChI=1S/C20H21F3N4O4/c1-5-15-16(28)27(18(29)26-15)11(2)9-25-17(24-4)31-13-7-6-12-10-30-19(3,14(12)8-13)20(21,22)23/h6-9,15H,4-5,10H2,1-3H3,(H,26,29)/b11-9+,25-17?/t15-,19?/m1/s1. The highest BCUT2D eigenvalue weighted by Gasteiger charge is 2.57. The highest BCUT2D eigenvalue weighted by Crippen LogP contribution is 2.48. The van der Waals surface area contributed by atoms with Crippen LogP contribution in [-0.4, -0.2) is 41.8 Å². The predicted molar refractivity (Wildman–Crippen MR) is 105 cm³/mol. The summed E-state index contributed by atoms with van der Waals surface area (Å²) >= 11 is 0. The third-order valence-corrected chi connectivity index (χ3v) is 5.14. The highest BCUT2D eigenvalue weighted by atomic mass is 19.4. The van der Waals surface area contributed by atoms with Crippen LogP contribution in [0.2, 0.25) is 0 Å². The molecule has 1 fully saturated rings. The molecule has 2 heterocycles. The predicted octanol–water partition coefficient (Wildman–Crippen LogP) is 3.62. The molecule has 0 radical (unpaired) electrons. The number of aliphatic imine (C=N–C) groups is 2. The molecule has 3 amide bonds. The van der Waals surface area contributed by atoms with Crippen molar-refractivity contribution in [3.05, 3.63) is 41.2 Å². The number of benzene rings is 1. The van der Waals surface area contributed by atoms with Crippen molar-refractivity contribution < 1.29 is 32.2 Å². The van der Waals surface area contributed by atoms with Crippen LogP contribution in [0, 0.1) is 0 Å². The molecule has 2 aliphatic heterocycles. The molecule has 0 saturated carbocycles. The summed E-state index contributed by atoms with van der Waals surface area (Å²) in [7, 11) is 0. The number of imide groups is 1. The number of hydrogen-bond acceptors (Lipinski definition) is 5. The summed E-state index contributed by atoms with van der Waals surface area (Å²) in [6, 6.07) is 2.71. The molecule has 166 valence electrons. The maximum absolute atomic E-state index is 13.5. The Morgan fingerprint density at radius 1 is 1.45 bits per heavy atom. The number of alkyl halides is 3. The minimum atomic E-state index is -4.61. The summed E-state index contributed by atoms with van der Waals surface area (Å²) in [4.78, 5) is 32.7. The molecule has 11 heteroatoms. The van der Waals surface area contributed by atoms with Gasteiger partial charge in [0.25, 0.3) is 5.91 Å². The van der Waals surface area contributed by atoms with Crippen LogP contribution >= 0.6 is 0 Å². The summed E-state index contributed by atoms with van der Waals surface area (Å²) in [5, 5.41) is 2.55. The first-order valence-electron chi connectivity index (χ1n) is 9.39. The van der Waals surface area contributed by atoms with Crippen LogP contribution in [-0.2, 0) is 21.7 Å². The van der Waals surface area contributed by atoms with Crippen molar-refractivity contribution in [3.63, 3.8) is 0 Å². The summed E-state index contributed by atoms with van der Waals surface area (Å²) in [6.07, 6.45) is -2.97. The lowest BCUT2D eigenvalue weighted by Crippen LogP contribution is -2.39. The van der Waals surface area contributed by atoms with Crippen molar-refractivity contribution in [2.75, 3.05) is 0 Å². The molecule has 1 N–H and O–H groups in total. The number of hydrogen-bond donors (Lipinski definition) is 1. The van der Waals surface area contributed by atoms with Crippen LogP contribution in [0.4, 0.5) is 18.0 Å². The second-order valence-corrected chi connectivity index (χ2v) is 7.16. The Balaban J connectivity index is 1.82. The van der Waals surface area contributed by atoms with Gasteiger partial charge < -0.3 is 14.8 Å². The van der Waals surface area contributed by atoms with Crippen LogP contribution < -0.4 is 10.1 Å². The molecule has 1 saturated heterocycles. The fraction of sp³-hybridized carbons (Fsp3) is 0.400. The number of ether oxygens (including phenoxy) is 2. The monoisotopic (exact) mass is 438 g/mol. The zero-order valence-corrected chi connectivity index (χ0v) is 17.1. The van der Waals surface area contributed by atoms with E-state index in [1.54, 1.807) is 6.92 Å². The van der Waals surface area contributed by atoms with E-state index in [-0.39, 0.29) is 29.6 Å². The number of carbonyl (C=O) groups is 2. The molecular weight excluding hydrogens is 417 g/mol. The molecule has 0 aliphatic carbocycles. The summed E-state index contributed by atoms with van der Waals surface area (Å²) in [5.41, 5.74) is -1.89. The van der Waals surface area contributed by atoms with Gasteiger partial charge in [0.15, 0.2) is 5.60 Å². The molecule has 1 aromatic carbocycles. The third-order valence-electron chi connectivity index (χ3n) is 5.14. The van der Waals surface area contributed by atoms with Crippen molar-refractivity contribution >= 4 is 24.7 Å². The number of amidine groups is 1. The van der Waals surface area contributed by atoms with Gasteiger partial charge in [0.2, 0.25) is 0 Å². The molecule has 2 aliphatic rings. The normalized spacial score (nSPS) is 24.3. The van der Waals surface area contributed by atoms with E-state index in [9.17, 15) is 22.8 Å². The molecular formula is C20H21F3N4O4. The van der Waals surface area contributed by atoms with Crippen molar-refractivity contribution in [2.24, 2.45) is 9.98 Å². The number of carbonyl (C=O) groups excluding carboxylic acids is 2. The minimum absolute atomic E-state index is 0.0537. The highest BCUT2D eigenvalue weighted by molar-refractivity contribution is 6.05. The lowest BCUT2D eigenvalue weighted by molar-refractivity contribution is -0.272. The number of halogens is 3. The van der Waals surface area contributed by atoms with Gasteiger partial charge in [-0.1, -0.05) is 13.0 Å². The number of urea groups is 1. The van der Waals surface area contributed by atoms with Crippen LogP contribution in [0.1, 0.15) is 38.3 Å². The van der Waals surface area contributed by atoms with Gasteiger partial charge in [0.05, 0.1) is 12.8 Å². The van der Waals surface area contributed by atoms with Crippen LogP contribution in [0.5, 0.6) is 5.75 Å². The molecule has 1 unspecified atom stereocenters. The zero-order chi connectivity index (χ0) is 23.0. The lowest BCUT2D eigenvalue weighted by atomic mass is 9.93. The maximum atomic E-state index is 13.5. The van der Waals surface area contributed by atoms with E-state index < -0.39 is 29.8 Å². The molecule has 3 rings (SSSR count). The second kappa shape index (κ2) is 8.14. The number of amides is 3. The van der Waals surface area contributed by atoms with Gasteiger partial charge in [-0.2, -0.15) is 13.2 Å². The maximum Gasteiger partial charge on any atom is 0.421 e. The van der Waals surface area contributed by atoms with Crippen molar-refractivity contribution in [1.29, 1.82) is 0 Å². The van der Waals surface area contributed by atoms with E-state index in [1.165, 1.54) is 31.3 Å². The van der Waals surface area contributed by atoms with Crippen LogP contribution in [0.15, 0.2) is 40.1 Å². The first-order chi connectivity index (χ1) is 14.5. The molecule has 0 spiro atoms. The number of allylic oxidation sites excluding steroid dienone is 1. The molecule has 1 aromatic rings. The van der Waals surface area contributed by atoms with Gasteiger partial charge in [-0.05, 0) is 44.7 Å². The van der Waals surface area contributed by atoms with E-state index in [4.69, 9.17) is 9.47 Å². The molecule has 2 atom stereocenters. The van der Waals surface area contributed by atoms with Gasteiger partial charge in [0.1, 0.15) is 11.8 Å². The van der Waals surface area contributed by atoms with Gasteiger partial charge in [-0.15, -0.1) is 0 Å². The van der Waals surface area contributed by atoms with E-state index >= 15 is 0 Å². The lowest BCUT2D eigenvalue weighted by Gasteiger charge is -2.27. The molecule has 31 heavy (non-hydrogen) atoms. The SMILES string of the molecule is C=NC(=N/C=C(\C)N1C(=O)N[C@H](CC)C1=O)Oc1ccc2c(c1)C(C)(C(F)(F)F)OC2. The molecule has 0 bridgehead atoms. The minimum Gasteiger partial charge on any atom is -0.424 e. The van der Waals surface area contributed by atoms with Crippen LogP contribution in [0.3, 0.4) is 0 Å². The Morgan fingerprint density at radius 2 is 2.16 bits per heavy atom. The summed E-state index contributed by atoms with van der Waals surface area (Å²) in [5.74, 6) is -0.353. The van der Waals surface area contributed by atoms with E-state index in [1.807, 2.05) is 0 Å². The van der Waals surface area contributed by atoms with Crippen molar-refractivity contribution in [3.8, 4) is 5.75 Å². The third kappa shape index (κ3) is 4.05. The number of nitrogens with zero attached hydrogens (tertiary/aromatic N) is 3.